The Hall–Kier alpha value is -0.950. The lowest BCUT2D eigenvalue weighted by molar-refractivity contribution is -0.0350. The molecule has 0 atom stereocenters. The average Bonchev–Trinajstić information content (AvgIpc) is 2.29. The number of hydrogen-bond donors (Lipinski definition) is 2. The zero-order chi connectivity index (χ0) is 13.4. The van der Waals surface area contributed by atoms with Crippen LogP contribution in [0.2, 0.25) is 0 Å². The minimum absolute atomic E-state index is 0.163. The topological polar surface area (TPSA) is 77.8 Å². The summed E-state index contributed by atoms with van der Waals surface area (Å²) in [6, 6.07) is 6.64. The van der Waals surface area contributed by atoms with Crippen LogP contribution in [0.4, 0.5) is 0 Å². The van der Waals surface area contributed by atoms with Gasteiger partial charge in [0, 0.05) is 18.5 Å². The van der Waals surface area contributed by atoms with Gasteiger partial charge in [0.2, 0.25) is 10.0 Å². The van der Waals surface area contributed by atoms with Crippen molar-refractivity contribution in [1.29, 1.82) is 0 Å². The van der Waals surface area contributed by atoms with E-state index in [1.165, 1.54) is 4.31 Å². The molecule has 0 spiro atoms. The number of benzene rings is 1. The predicted molar refractivity (Wildman–Crippen MR) is 66.5 cm³/mol. The van der Waals surface area contributed by atoms with Crippen molar-refractivity contribution in [3.05, 3.63) is 29.8 Å². The lowest BCUT2D eigenvalue weighted by atomic mass is 9.84. The maximum atomic E-state index is 12.2. The zero-order valence-electron chi connectivity index (χ0n) is 10.2. The maximum absolute atomic E-state index is 12.2. The van der Waals surface area contributed by atoms with Crippen LogP contribution in [0, 0.1) is 12.3 Å². The van der Waals surface area contributed by atoms with Gasteiger partial charge in [-0.25, -0.2) is 8.42 Å². The molecule has 6 heteroatoms. The predicted octanol–water partition coefficient (Wildman–Crippen LogP) is -0.0297. The van der Waals surface area contributed by atoms with Gasteiger partial charge < -0.3 is 10.2 Å². The third kappa shape index (κ3) is 2.16. The van der Waals surface area contributed by atoms with E-state index in [2.05, 4.69) is 0 Å². The molecule has 1 aromatic carbocycles. The molecule has 0 aromatic heterocycles. The van der Waals surface area contributed by atoms with Crippen LogP contribution < -0.4 is 0 Å². The van der Waals surface area contributed by atoms with Crippen LogP contribution in [0.1, 0.15) is 5.56 Å². The van der Waals surface area contributed by atoms with Crippen LogP contribution >= 0.6 is 0 Å². The third-order valence-electron chi connectivity index (χ3n) is 3.35. The Morgan fingerprint density at radius 1 is 1.17 bits per heavy atom. The van der Waals surface area contributed by atoms with E-state index in [9.17, 15) is 8.42 Å². The van der Waals surface area contributed by atoms with Crippen LogP contribution in [0.25, 0.3) is 0 Å². The van der Waals surface area contributed by atoms with Gasteiger partial charge in [0.15, 0.2) is 0 Å². The van der Waals surface area contributed by atoms with Crippen LogP contribution in [-0.2, 0) is 10.0 Å². The Labute approximate surface area is 107 Å². The van der Waals surface area contributed by atoms with Gasteiger partial charge >= 0.3 is 0 Å². The fourth-order valence-electron chi connectivity index (χ4n) is 1.98. The molecule has 1 fully saturated rings. The summed E-state index contributed by atoms with van der Waals surface area (Å²) in [5.74, 6) is 0. The molecule has 18 heavy (non-hydrogen) atoms. The molecule has 0 saturated carbocycles. The van der Waals surface area contributed by atoms with Gasteiger partial charge in [-0.15, -0.1) is 0 Å². The minimum Gasteiger partial charge on any atom is -0.396 e. The fraction of sp³-hybridized carbons (Fsp3) is 0.500. The van der Waals surface area contributed by atoms with Crippen molar-refractivity contribution in [2.24, 2.45) is 5.41 Å². The van der Waals surface area contributed by atoms with E-state index in [0.29, 0.717) is 0 Å². The molecule has 1 aliphatic heterocycles. The van der Waals surface area contributed by atoms with E-state index in [4.69, 9.17) is 10.2 Å². The van der Waals surface area contributed by atoms with Crippen LogP contribution in [0.5, 0.6) is 0 Å². The van der Waals surface area contributed by atoms with E-state index >= 15 is 0 Å². The molecule has 1 aromatic rings. The summed E-state index contributed by atoms with van der Waals surface area (Å²) in [5, 5.41) is 18.3. The van der Waals surface area contributed by atoms with Crippen LogP contribution in [0.15, 0.2) is 29.2 Å². The van der Waals surface area contributed by atoms with Gasteiger partial charge in [-0.2, -0.15) is 4.31 Å². The van der Waals surface area contributed by atoms with E-state index in [1.807, 2.05) is 6.92 Å². The molecule has 1 heterocycles. The monoisotopic (exact) mass is 271 g/mol. The van der Waals surface area contributed by atoms with Gasteiger partial charge in [0.25, 0.3) is 0 Å². The molecule has 100 valence electrons. The Morgan fingerprint density at radius 3 is 2.11 bits per heavy atom. The summed E-state index contributed by atoms with van der Waals surface area (Å²) >= 11 is 0. The summed E-state index contributed by atoms with van der Waals surface area (Å²) in [7, 11) is -3.50. The number of aliphatic hydroxyl groups excluding tert-OH is 2. The molecule has 0 radical (unpaired) electrons. The van der Waals surface area contributed by atoms with Gasteiger partial charge in [-0.1, -0.05) is 17.7 Å². The first-order chi connectivity index (χ1) is 8.43. The van der Waals surface area contributed by atoms with Gasteiger partial charge in [0.1, 0.15) is 0 Å². The molecule has 5 nitrogen and oxygen atoms in total. The molecule has 0 unspecified atom stereocenters. The Morgan fingerprint density at radius 2 is 1.67 bits per heavy atom. The lowest BCUT2D eigenvalue weighted by Gasteiger charge is -2.46. The highest BCUT2D eigenvalue weighted by Gasteiger charge is 2.47. The molecular weight excluding hydrogens is 254 g/mol. The Bertz CT molecular complexity index is 512. The summed E-state index contributed by atoms with van der Waals surface area (Å²) in [6.45, 7) is 1.81. The quantitative estimate of drug-likeness (QED) is 0.806. The molecule has 0 bridgehead atoms. The molecular formula is C12H17NO4S. The molecule has 0 aliphatic carbocycles. The summed E-state index contributed by atoms with van der Waals surface area (Å²) in [4.78, 5) is 0.248. The van der Waals surface area contributed by atoms with Crippen molar-refractivity contribution in [3.8, 4) is 0 Å². The van der Waals surface area contributed by atoms with Crippen molar-refractivity contribution >= 4 is 10.0 Å². The Balaban J connectivity index is 2.17. The molecule has 0 amide bonds. The van der Waals surface area contributed by atoms with Crippen molar-refractivity contribution in [1.82, 2.24) is 4.31 Å². The summed E-state index contributed by atoms with van der Waals surface area (Å²) in [6.07, 6.45) is 0. The standard InChI is InChI=1S/C12H17NO4S/c1-10-2-4-11(5-3-10)18(16,17)13-6-12(7-13,8-14)9-15/h2-5,14-15H,6-9H2,1H3. The minimum atomic E-state index is -3.50. The van der Waals surface area contributed by atoms with Crippen molar-refractivity contribution in [3.63, 3.8) is 0 Å². The smallest absolute Gasteiger partial charge is 0.243 e. The highest BCUT2D eigenvalue weighted by molar-refractivity contribution is 7.89. The van der Waals surface area contributed by atoms with Gasteiger partial charge in [0.05, 0.1) is 18.1 Å². The number of aliphatic hydroxyl groups is 2. The number of rotatable bonds is 4. The third-order valence-corrected chi connectivity index (χ3v) is 5.16. The zero-order valence-corrected chi connectivity index (χ0v) is 11.0. The maximum Gasteiger partial charge on any atom is 0.243 e. The first-order valence-corrected chi connectivity index (χ1v) is 7.16. The van der Waals surface area contributed by atoms with Crippen LogP contribution in [0.3, 0.4) is 0 Å². The second kappa shape index (κ2) is 4.62. The van der Waals surface area contributed by atoms with E-state index in [-0.39, 0.29) is 31.2 Å². The van der Waals surface area contributed by atoms with E-state index in [0.717, 1.165) is 5.56 Å². The largest absolute Gasteiger partial charge is 0.396 e. The average molecular weight is 271 g/mol. The summed E-state index contributed by atoms with van der Waals surface area (Å²) in [5.41, 5.74) is 0.315. The normalized spacial score (nSPS) is 19.5. The van der Waals surface area contributed by atoms with Gasteiger partial charge in [-0.3, -0.25) is 0 Å². The number of aryl methyl sites for hydroxylation is 1. The second-order valence-corrected chi connectivity index (χ2v) is 6.84. The second-order valence-electron chi connectivity index (χ2n) is 4.90. The van der Waals surface area contributed by atoms with Gasteiger partial charge in [-0.05, 0) is 19.1 Å². The molecule has 1 aliphatic rings. The highest BCUT2D eigenvalue weighted by atomic mass is 32.2. The number of sulfonamides is 1. The molecule has 2 N–H and O–H groups in total. The Kier molecular flexibility index (Phi) is 3.46. The van der Waals surface area contributed by atoms with E-state index in [1.54, 1.807) is 24.3 Å². The van der Waals surface area contributed by atoms with Crippen molar-refractivity contribution in [2.45, 2.75) is 11.8 Å². The SMILES string of the molecule is Cc1ccc(S(=O)(=O)N2CC(CO)(CO)C2)cc1. The number of nitrogens with zero attached hydrogens (tertiary/aromatic N) is 1. The lowest BCUT2D eigenvalue weighted by Crippen LogP contribution is -2.61. The van der Waals surface area contributed by atoms with Crippen molar-refractivity contribution in [2.75, 3.05) is 26.3 Å². The van der Waals surface area contributed by atoms with Crippen LogP contribution in [-0.4, -0.2) is 49.2 Å². The highest BCUT2D eigenvalue weighted by Crippen LogP contribution is 2.34. The first kappa shape index (κ1) is 13.5. The fourth-order valence-corrected chi connectivity index (χ4v) is 3.65. The summed E-state index contributed by atoms with van der Waals surface area (Å²) < 4.78 is 25.7. The molecule has 1 saturated heterocycles. The van der Waals surface area contributed by atoms with Crippen molar-refractivity contribution < 1.29 is 18.6 Å². The van der Waals surface area contributed by atoms with E-state index < -0.39 is 15.4 Å². The first-order valence-electron chi connectivity index (χ1n) is 5.72. The number of hydrogen-bond acceptors (Lipinski definition) is 4. The molecule has 2 rings (SSSR count).